The quantitative estimate of drug-likeness (QED) is 0.537. The summed E-state index contributed by atoms with van der Waals surface area (Å²) in [5.41, 5.74) is 5.70. The highest BCUT2D eigenvalue weighted by molar-refractivity contribution is 7.86. The van der Waals surface area contributed by atoms with Gasteiger partial charge >= 0.3 is 0 Å². The van der Waals surface area contributed by atoms with Gasteiger partial charge in [0.1, 0.15) is 4.90 Å². The molecule has 17 heavy (non-hydrogen) atoms. The van der Waals surface area contributed by atoms with E-state index in [-0.39, 0.29) is 17.1 Å². The molecule has 1 amide bonds. The second-order valence-electron chi connectivity index (χ2n) is 3.25. The van der Waals surface area contributed by atoms with Crippen LogP contribution in [0.1, 0.15) is 6.92 Å². The fraction of sp³-hybridized carbons (Fsp3) is 0.222. The van der Waals surface area contributed by atoms with Gasteiger partial charge in [0.25, 0.3) is 10.1 Å². The number of methoxy groups -OCH3 is 1. The molecule has 0 atom stereocenters. The molecule has 0 aromatic heterocycles. The molecule has 0 aliphatic heterocycles. The molecule has 1 rings (SSSR count). The van der Waals surface area contributed by atoms with Crippen LogP contribution in [0.4, 0.5) is 11.4 Å². The van der Waals surface area contributed by atoms with Crippen LogP contribution in [-0.2, 0) is 14.9 Å². The Hall–Kier alpha value is -1.80. The lowest BCUT2D eigenvalue weighted by Crippen LogP contribution is -2.09. The third-order valence-electron chi connectivity index (χ3n) is 1.89. The summed E-state index contributed by atoms with van der Waals surface area (Å²) >= 11 is 0. The number of hydrogen-bond donors (Lipinski definition) is 3. The summed E-state index contributed by atoms with van der Waals surface area (Å²) in [5, 5.41) is 2.36. The predicted octanol–water partition coefficient (Wildman–Crippen LogP) is 0.482. The third kappa shape index (κ3) is 3.08. The van der Waals surface area contributed by atoms with Crippen LogP contribution in [-0.4, -0.2) is 26.0 Å². The van der Waals surface area contributed by atoms with Crippen LogP contribution in [0.2, 0.25) is 0 Å². The fourth-order valence-electron chi connectivity index (χ4n) is 1.31. The van der Waals surface area contributed by atoms with Gasteiger partial charge in [-0.1, -0.05) is 0 Å². The first kappa shape index (κ1) is 13.3. The average molecular weight is 260 g/mol. The van der Waals surface area contributed by atoms with Crippen LogP contribution < -0.4 is 15.8 Å². The van der Waals surface area contributed by atoms with Crippen molar-refractivity contribution in [2.75, 3.05) is 18.2 Å². The maximum absolute atomic E-state index is 11.1. The monoisotopic (exact) mass is 260 g/mol. The Labute approximate surface area is 98.3 Å². The molecule has 0 fully saturated rings. The van der Waals surface area contributed by atoms with Crippen LogP contribution in [0.25, 0.3) is 0 Å². The predicted molar refractivity (Wildman–Crippen MR) is 61.5 cm³/mol. The number of anilines is 2. The Balaban J connectivity index is 3.44. The molecular formula is C9H12N2O5S. The largest absolute Gasteiger partial charge is 0.493 e. The van der Waals surface area contributed by atoms with Crippen LogP contribution in [0, 0.1) is 0 Å². The molecule has 0 radical (unpaired) electrons. The molecule has 1 aromatic rings. The summed E-state index contributed by atoms with van der Waals surface area (Å²) in [6, 6.07) is 2.39. The first-order valence-electron chi connectivity index (χ1n) is 4.48. The zero-order valence-corrected chi connectivity index (χ0v) is 10.0. The molecule has 0 spiro atoms. The number of nitrogens with two attached hydrogens (primary N) is 1. The number of nitrogen functional groups attached to an aromatic ring is 1. The summed E-state index contributed by atoms with van der Waals surface area (Å²) < 4.78 is 36.0. The topological polar surface area (TPSA) is 119 Å². The molecule has 0 saturated heterocycles. The standard InChI is InChI=1S/C9H12N2O5S/c1-5(12)11-6-3-7(10)9(16-2)8(4-6)17(13,14)15/h3-4H,10H2,1-2H3,(H,11,12)(H,13,14,15). The Morgan fingerprint density at radius 2 is 2.06 bits per heavy atom. The second kappa shape index (κ2) is 4.60. The van der Waals surface area contributed by atoms with E-state index >= 15 is 0 Å². The SMILES string of the molecule is COc1c(N)cc(NC(C)=O)cc1S(=O)(=O)O. The summed E-state index contributed by atoms with van der Waals surface area (Å²) in [6.07, 6.45) is 0. The molecule has 0 bridgehead atoms. The lowest BCUT2D eigenvalue weighted by Gasteiger charge is -2.11. The molecule has 1 aromatic carbocycles. The van der Waals surface area contributed by atoms with Gasteiger partial charge in [0.15, 0.2) is 5.75 Å². The van der Waals surface area contributed by atoms with Gasteiger partial charge in [-0.25, -0.2) is 0 Å². The number of nitrogens with one attached hydrogen (secondary N) is 1. The fourth-order valence-corrected chi connectivity index (χ4v) is 2.02. The van der Waals surface area contributed by atoms with Crippen molar-refractivity contribution < 1.29 is 22.5 Å². The molecule has 8 heteroatoms. The van der Waals surface area contributed by atoms with Crippen LogP contribution >= 0.6 is 0 Å². The number of ether oxygens (including phenoxy) is 1. The smallest absolute Gasteiger partial charge is 0.298 e. The number of rotatable bonds is 3. The van der Waals surface area contributed by atoms with Gasteiger partial charge in [-0.15, -0.1) is 0 Å². The van der Waals surface area contributed by atoms with Crippen molar-refractivity contribution in [2.24, 2.45) is 0 Å². The molecule has 4 N–H and O–H groups in total. The van der Waals surface area contributed by atoms with Crippen molar-refractivity contribution >= 4 is 27.4 Å². The minimum Gasteiger partial charge on any atom is -0.493 e. The zero-order valence-electron chi connectivity index (χ0n) is 9.22. The van der Waals surface area contributed by atoms with E-state index in [0.717, 1.165) is 6.07 Å². The van der Waals surface area contributed by atoms with Gasteiger partial charge in [0.2, 0.25) is 5.91 Å². The summed E-state index contributed by atoms with van der Waals surface area (Å²) in [4.78, 5) is 10.3. The number of carbonyl (C=O) groups excluding carboxylic acids is 1. The average Bonchev–Trinajstić information content (AvgIpc) is 2.14. The highest BCUT2D eigenvalue weighted by Gasteiger charge is 2.20. The lowest BCUT2D eigenvalue weighted by atomic mass is 10.2. The molecule has 7 nitrogen and oxygen atoms in total. The van der Waals surface area contributed by atoms with Crippen molar-refractivity contribution in [3.05, 3.63) is 12.1 Å². The zero-order chi connectivity index (χ0) is 13.2. The molecule has 94 valence electrons. The van der Waals surface area contributed by atoms with Gasteiger partial charge in [-0.2, -0.15) is 8.42 Å². The highest BCUT2D eigenvalue weighted by Crippen LogP contribution is 2.33. The number of hydrogen-bond acceptors (Lipinski definition) is 5. The van der Waals surface area contributed by atoms with Crippen molar-refractivity contribution in [3.63, 3.8) is 0 Å². The van der Waals surface area contributed by atoms with E-state index in [1.807, 2.05) is 0 Å². The number of amides is 1. The molecule has 0 heterocycles. The third-order valence-corrected chi connectivity index (χ3v) is 2.75. The maximum atomic E-state index is 11.1. The summed E-state index contributed by atoms with van der Waals surface area (Å²) in [7, 11) is -3.26. The van der Waals surface area contributed by atoms with E-state index in [2.05, 4.69) is 5.32 Å². The van der Waals surface area contributed by atoms with Crippen LogP contribution in [0.15, 0.2) is 17.0 Å². The Kier molecular flexibility index (Phi) is 3.59. The van der Waals surface area contributed by atoms with Gasteiger partial charge < -0.3 is 15.8 Å². The van der Waals surface area contributed by atoms with Crippen molar-refractivity contribution in [2.45, 2.75) is 11.8 Å². The summed E-state index contributed by atoms with van der Waals surface area (Å²) in [5.74, 6) is -0.558. The minimum atomic E-state index is -4.48. The van der Waals surface area contributed by atoms with Crippen molar-refractivity contribution in [1.29, 1.82) is 0 Å². The van der Waals surface area contributed by atoms with Crippen molar-refractivity contribution in [3.8, 4) is 5.75 Å². The van der Waals surface area contributed by atoms with E-state index in [4.69, 9.17) is 15.0 Å². The highest BCUT2D eigenvalue weighted by atomic mass is 32.2. The Bertz CT molecular complexity index is 553. The first-order valence-corrected chi connectivity index (χ1v) is 5.92. The molecule has 0 aliphatic carbocycles. The minimum absolute atomic E-state index is 0.00799. The summed E-state index contributed by atoms with van der Waals surface area (Å²) in [6.45, 7) is 1.26. The molecule has 0 unspecified atom stereocenters. The van der Waals surface area contributed by atoms with E-state index in [0.29, 0.717) is 0 Å². The van der Waals surface area contributed by atoms with Gasteiger partial charge in [-0.05, 0) is 12.1 Å². The van der Waals surface area contributed by atoms with Gasteiger partial charge in [0, 0.05) is 12.6 Å². The number of benzene rings is 1. The first-order chi connectivity index (χ1) is 7.75. The Morgan fingerprint density at radius 3 is 2.47 bits per heavy atom. The van der Waals surface area contributed by atoms with E-state index in [1.54, 1.807) is 0 Å². The van der Waals surface area contributed by atoms with E-state index < -0.39 is 20.9 Å². The molecular weight excluding hydrogens is 248 g/mol. The lowest BCUT2D eigenvalue weighted by molar-refractivity contribution is -0.114. The van der Waals surface area contributed by atoms with E-state index in [1.165, 1.54) is 20.1 Å². The van der Waals surface area contributed by atoms with Gasteiger partial charge in [-0.3, -0.25) is 9.35 Å². The maximum Gasteiger partial charge on any atom is 0.298 e. The van der Waals surface area contributed by atoms with Crippen LogP contribution in [0.3, 0.4) is 0 Å². The Morgan fingerprint density at radius 1 is 1.47 bits per heavy atom. The molecule has 0 aliphatic rings. The van der Waals surface area contributed by atoms with Gasteiger partial charge in [0.05, 0.1) is 12.8 Å². The van der Waals surface area contributed by atoms with Crippen LogP contribution in [0.5, 0.6) is 5.75 Å². The van der Waals surface area contributed by atoms with E-state index in [9.17, 15) is 13.2 Å². The number of carbonyl (C=O) groups is 1. The van der Waals surface area contributed by atoms with Crippen molar-refractivity contribution in [1.82, 2.24) is 0 Å². The normalized spacial score (nSPS) is 11.0. The second-order valence-corrected chi connectivity index (χ2v) is 4.64. The molecule has 0 saturated carbocycles.